The first kappa shape index (κ1) is 15.5. The summed E-state index contributed by atoms with van der Waals surface area (Å²) < 4.78 is 0. The third-order valence-corrected chi connectivity index (χ3v) is 5.99. The molecular formula is C17H28N2OS. The van der Waals surface area contributed by atoms with E-state index in [9.17, 15) is 5.11 Å². The maximum absolute atomic E-state index is 9.42. The zero-order chi connectivity index (χ0) is 14.5. The summed E-state index contributed by atoms with van der Waals surface area (Å²) in [6, 6.07) is 5.70. The highest BCUT2D eigenvalue weighted by Crippen LogP contribution is 2.26. The van der Waals surface area contributed by atoms with Crippen molar-refractivity contribution in [1.29, 1.82) is 0 Å². The maximum atomic E-state index is 9.42. The number of thiophene rings is 1. The molecule has 0 spiro atoms. The van der Waals surface area contributed by atoms with Gasteiger partial charge in [-0.05, 0) is 30.7 Å². The molecule has 118 valence electrons. The SMILES string of the molecule is OCC[C@@H]1CN(C2CCCCC2)CCN1Cc1cccs1. The number of hydrogen-bond acceptors (Lipinski definition) is 4. The highest BCUT2D eigenvalue weighted by molar-refractivity contribution is 7.09. The second-order valence-corrected chi connectivity index (χ2v) is 7.53. The van der Waals surface area contributed by atoms with E-state index < -0.39 is 0 Å². The lowest BCUT2D eigenvalue weighted by Crippen LogP contribution is -2.55. The lowest BCUT2D eigenvalue weighted by atomic mass is 9.93. The van der Waals surface area contributed by atoms with Gasteiger partial charge < -0.3 is 5.11 Å². The van der Waals surface area contributed by atoms with E-state index in [1.165, 1.54) is 43.5 Å². The molecule has 2 aliphatic rings. The lowest BCUT2D eigenvalue weighted by Gasteiger charge is -2.45. The fraction of sp³-hybridized carbons (Fsp3) is 0.765. The molecule has 1 aliphatic heterocycles. The minimum absolute atomic E-state index is 0.310. The smallest absolute Gasteiger partial charge is 0.0446 e. The Morgan fingerprint density at radius 1 is 1.19 bits per heavy atom. The van der Waals surface area contributed by atoms with Crippen LogP contribution >= 0.6 is 11.3 Å². The van der Waals surface area contributed by atoms with Crippen molar-refractivity contribution in [3.8, 4) is 0 Å². The molecule has 1 saturated carbocycles. The number of piperazine rings is 1. The van der Waals surface area contributed by atoms with Crippen LogP contribution in [0.1, 0.15) is 43.4 Å². The molecule has 0 unspecified atom stereocenters. The summed E-state index contributed by atoms with van der Waals surface area (Å²) in [4.78, 5) is 6.75. The van der Waals surface area contributed by atoms with Crippen LogP contribution in [0.2, 0.25) is 0 Å². The third-order valence-electron chi connectivity index (χ3n) is 5.13. The first-order valence-electron chi connectivity index (χ1n) is 8.48. The predicted molar refractivity (Wildman–Crippen MR) is 88.7 cm³/mol. The van der Waals surface area contributed by atoms with Gasteiger partial charge in [0.15, 0.2) is 0 Å². The first-order valence-corrected chi connectivity index (χ1v) is 9.36. The number of hydrogen-bond donors (Lipinski definition) is 1. The molecule has 4 heteroatoms. The summed E-state index contributed by atoms with van der Waals surface area (Å²) in [5.41, 5.74) is 0. The van der Waals surface area contributed by atoms with Crippen LogP contribution in [0.4, 0.5) is 0 Å². The standard InChI is InChI=1S/C17H28N2OS/c20-11-8-16-13-18(15-5-2-1-3-6-15)9-10-19(16)14-17-7-4-12-21-17/h4,7,12,15-16,20H,1-3,5-6,8-11,13-14H2/t16-/m1/s1. The van der Waals surface area contributed by atoms with Gasteiger partial charge in [0.25, 0.3) is 0 Å². The van der Waals surface area contributed by atoms with Crippen LogP contribution in [-0.2, 0) is 6.54 Å². The van der Waals surface area contributed by atoms with Crippen LogP contribution in [0.25, 0.3) is 0 Å². The largest absolute Gasteiger partial charge is 0.396 e. The summed E-state index contributed by atoms with van der Waals surface area (Å²) in [5.74, 6) is 0. The van der Waals surface area contributed by atoms with Crippen molar-refractivity contribution in [3.05, 3.63) is 22.4 Å². The summed E-state index contributed by atoms with van der Waals surface area (Å²) in [6.45, 7) is 4.87. The molecule has 0 bridgehead atoms. The molecule has 1 N–H and O–H groups in total. The predicted octanol–water partition coefficient (Wildman–Crippen LogP) is 2.95. The van der Waals surface area contributed by atoms with Gasteiger partial charge in [-0.15, -0.1) is 11.3 Å². The van der Waals surface area contributed by atoms with Gasteiger partial charge in [-0.3, -0.25) is 9.80 Å². The second-order valence-electron chi connectivity index (χ2n) is 6.50. The minimum Gasteiger partial charge on any atom is -0.396 e. The van der Waals surface area contributed by atoms with Crippen LogP contribution in [-0.4, -0.2) is 53.2 Å². The zero-order valence-electron chi connectivity index (χ0n) is 12.9. The van der Waals surface area contributed by atoms with E-state index >= 15 is 0 Å². The summed E-state index contributed by atoms with van der Waals surface area (Å²) in [7, 11) is 0. The minimum atomic E-state index is 0.310. The van der Waals surface area contributed by atoms with Gasteiger partial charge in [-0.25, -0.2) is 0 Å². The van der Waals surface area contributed by atoms with Crippen molar-refractivity contribution in [2.24, 2.45) is 0 Å². The monoisotopic (exact) mass is 308 g/mol. The van der Waals surface area contributed by atoms with Crippen LogP contribution < -0.4 is 0 Å². The zero-order valence-corrected chi connectivity index (χ0v) is 13.7. The van der Waals surface area contributed by atoms with Gasteiger partial charge in [-0.2, -0.15) is 0 Å². The maximum Gasteiger partial charge on any atom is 0.0446 e. The molecule has 1 aromatic heterocycles. The quantitative estimate of drug-likeness (QED) is 0.906. The third kappa shape index (κ3) is 4.07. The molecule has 0 radical (unpaired) electrons. The van der Waals surface area contributed by atoms with E-state index in [0.29, 0.717) is 12.6 Å². The van der Waals surface area contributed by atoms with Crippen LogP contribution in [0.3, 0.4) is 0 Å². The fourth-order valence-electron chi connectivity index (χ4n) is 3.93. The average molecular weight is 308 g/mol. The molecule has 1 atom stereocenters. The Balaban J connectivity index is 1.59. The lowest BCUT2D eigenvalue weighted by molar-refractivity contribution is 0.0227. The van der Waals surface area contributed by atoms with Crippen molar-refractivity contribution >= 4 is 11.3 Å². The fourth-order valence-corrected chi connectivity index (χ4v) is 4.66. The number of aliphatic hydroxyl groups excluding tert-OH is 1. The molecular weight excluding hydrogens is 280 g/mol. The molecule has 3 nitrogen and oxygen atoms in total. The van der Waals surface area contributed by atoms with Gasteiger partial charge in [0.1, 0.15) is 0 Å². The Labute approximate surface area is 132 Å². The van der Waals surface area contributed by atoms with Gasteiger partial charge in [0.05, 0.1) is 0 Å². The van der Waals surface area contributed by atoms with E-state index in [2.05, 4.69) is 27.3 Å². The Hall–Kier alpha value is -0.420. The average Bonchev–Trinajstić information content (AvgIpc) is 3.03. The molecule has 1 saturated heterocycles. The Bertz CT molecular complexity index is 403. The van der Waals surface area contributed by atoms with Crippen molar-refractivity contribution in [1.82, 2.24) is 9.80 Å². The molecule has 2 heterocycles. The van der Waals surface area contributed by atoms with Crippen molar-refractivity contribution in [2.45, 2.75) is 57.2 Å². The number of aliphatic hydroxyl groups is 1. The van der Waals surface area contributed by atoms with Crippen LogP contribution in [0.5, 0.6) is 0 Å². The van der Waals surface area contributed by atoms with E-state index in [4.69, 9.17) is 0 Å². The Morgan fingerprint density at radius 2 is 2.05 bits per heavy atom. The van der Waals surface area contributed by atoms with Crippen molar-refractivity contribution < 1.29 is 5.11 Å². The number of nitrogens with zero attached hydrogens (tertiary/aromatic N) is 2. The van der Waals surface area contributed by atoms with E-state index in [0.717, 1.165) is 32.1 Å². The summed E-state index contributed by atoms with van der Waals surface area (Å²) in [5, 5.41) is 11.6. The van der Waals surface area contributed by atoms with Gasteiger partial charge in [-0.1, -0.05) is 25.3 Å². The molecule has 3 rings (SSSR count). The highest BCUT2D eigenvalue weighted by Gasteiger charge is 2.31. The molecule has 1 aliphatic carbocycles. The van der Waals surface area contributed by atoms with Gasteiger partial charge >= 0.3 is 0 Å². The van der Waals surface area contributed by atoms with E-state index in [1.54, 1.807) is 0 Å². The van der Waals surface area contributed by atoms with Crippen LogP contribution in [0, 0.1) is 0 Å². The summed E-state index contributed by atoms with van der Waals surface area (Å²) >= 11 is 1.85. The van der Waals surface area contributed by atoms with E-state index in [1.807, 2.05) is 11.3 Å². The van der Waals surface area contributed by atoms with Gasteiger partial charge in [0, 0.05) is 49.7 Å². The number of rotatable bonds is 5. The Morgan fingerprint density at radius 3 is 2.76 bits per heavy atom. The normalized spacial score (nSPS) is 26.2. The second kappa shape index (κ2) is 7.73. The van der Waals surface area contributed by atoms with E-state index in [-0.39, 0.29) is 0 Å². The van der Waals surface area contributed by atoms with Crippen LogP contribution in [0.15, 0.2) is 17.5 Å². The molecule has 2 fully saturated rings. The van der Waals surface area contributed by atoms with Crippen molar-refractivity contribution in [2.75, 3.05) is 26.2 Å². The topological polar surface area (TPSA) is 26.7 Å². The highest BCUT2D eigenvalue weighted by atomic mass is 32.1. The summed E-state index contributed by atoms with van der Waals surface area (Å²) in [6.07, 6.45) is 7.92. The molecule has 0 aromatic carbocycles. The molecule has 1 aromatic rings. The molecule has 0 amide bonds. The first-order chi connectivity index (χ1) is 10.4. The van der Waals surface area contributed by atoms with Gasteiger partial charge in [0.2, 0.25) is 0 Å². The van der Waals surface area contributed by atoms with Crippen molar-refractivity contribution in [3.63, 3.8) is 0 Å². The Kier molecular flexibility index (Phi) is 5.69. The molecule has 21 heavy (non-hydrogen) atoms.